The standard InChI is InChI=1S/C23H24N2O4/c26-22(28-14-16-7-3-1-4-8-16)24-20-18-11-12-19(13-18)21(20)25-23(27)29-15-17-9-5-2-6-10-17/h1-12,18-21H,13-15H2,(H,24,26)(H,25,27)/t18-,19+,20-,21-/m0/s1. The Labute approximate surface area is 169 Å². The molecule has 1 fully saturated rings. The number of carbonyl (C=O) groups is 2. The molecule has 2 aliphatic rings. The molecule has 0 spiro atoms. The lowest BCUT2D eigenvalue weighted by molar-refractivity contribution is 0.122. The zero-order valence-corrected chi connectivity index (χ0v) is 16.0. The fourth-order valence-corrected chi connectivity index (χ4v) is 4.02. The summed E-state index contributed by atoms with van der Waals surface area (Å²) in [6.07, 6.45) is 4.13. The van der Waals surface area contributed by atoms with Gasteiger partial charge in [0.1, 0.15) is 13.2 Å². The third-order valence-electron chi connectivity index (χ3n) is 5.45. The van der Waals surface area contributed by atoms with Crippen molar-refractivity contribution < 1.29 is 19.1 Å². The van der Waals surface area contributed by atoms with Crippen LogP contribution in [0.1, 0.15) is 17.5 Å². The number of hydrogen-bond acceptors (Lipinski definition) is 4. The van der Waals surface area contributed by atoms with Crippen molar-refractivity contribution in [2.45, 2.75) is 31.7 Å². The van der Waals surface area contributed by atoms with E-state index in [1.165, 1.54) is 0 Å². The number of carbonyl (C=O) groups excluding carboxylic acids is 2. The molecule has 0 radical (unpaired) electrons. The van der Waals surface area contributed by atoms with Crippen LogP contribution in [-0.2, 0) is 22.7 Å². The second-order valence-corrected chi connectivity index (χ2v) is 7.41. The number of fused-ring (bicyclic) bond motifs is 2. The lowest BCUT2D eigenvalue weighted by Crippen LogP contribution is -2.53. The van der Waals surface area contributed by atoms with Crippen molar-refractivity contribution in [3.63, 3.8) is 0 Å². The summed E-state index contributed by atoms with van der Waals surface area (Å²) < 4.78 is 10.7. The Kier molecular flexibility index (Phi) is 5.79. The number of hydrogen-bond donors (Lipinski definition) is 2. The van der Waals surface area contributed by atoms with Gasteiger partial charge in [-0.1, -0.05) is 72.8 Å². The van der Waals surface area contributed by atoms with Crippen molar-refractivity contribution in [1.82, 2.24) is 10.6 Å². The van der Waals surface area contributed by atoms with E-state index in [1.54, 1.807) is 0 Å². The van der Waals surface area contributed by atoms with Gasteiger partial charge >= 0.3 is 12.2 Å². The van der Waals surface area contributed by atoms with Crippen LogP contribution in [0.15, 0.2) is 72.8 Å². The second-order valence-electron chi connectivity index (χ2n) is 7.41. The quantitative estimate of drug-likeness (QED) is 0.734. The number of amides is 2. The molecule has 2 aromatic rings. The van der Waals surface area contributed by atoms with Crippen LogP contribution in [0.4, 0.5) is 9.59 Å². The van der Waals surface area contributed by atoms with E-state index >= 15 is 0 Å². The maximum atomic E-state index is 12.3. The van der Waals surface area contributed by atoms with Crippen molar-refractivity contribution >= 4 is 12.2 Å². The number of nitrogens with one attached hydrogen (secondary N) is 2. The summed E-state index contributed by atoms with van der Waals surface area (Å²) in [6, 6.07) is 18.6. The van der Waals surface area contributed by atoms with Crippen LogP contribution in [0.2, 0.25) is 0 Å². The second kappa shape index (κ2) is 8.82. The van der Waals surface area contributed by atoms with Gasteiger partial charge < -0.3 is 20.1 Å². The predicted octanol–water partition coefficient (Wildman–Crippen LogP) is 3.78. The average Bonchev–Trinajstić information content (AvgIpc) is 3.35. The molecule has 6 nitrogen and oxygen atoms in total. The summed E-state index contributed by atoms with van der Waals surface area (Å²) >= 11 is 0. The Morgan fingerprint density at radius 2 is 1.14 bits per heavy atom. The van der Waals surface area contributed by atoms with Crippen LogP contribution < -0.4 is 10.6 Å². The predicted molar refractivity (Wildman–Crippen MR) is 108 cm³/mol. The van der Waals surface area contributed by atoms with Gasteiger partial charge in [-0.15, -0.1) is 0 Å². The summed E-state index contributed by atoms with van der Waals surface area (Å²) in [7, 11) is 0. The summed E-state index contributed by atoms with van der Waals surface area (Å²) in [5.74, 6) is 0.368. The third kappa shape index (κ3) is 4.77. The highest BCUT2D eigenvalue weighted by atomic mass is 16.6. The van der Waals surface area contributed by atoms with Crippen molar-refractivity contribution in [1.29, 1.82) is 0 Å². The molecule has 4 atom stereocenters. The van der Waals surface area contributed by atoms with Gasteiger partial charge in [0, 0.05) is 0 Å². The van der Waals surface area contributed by atoms with E-state index in [-0.39, 0.29) is 37.1 Å². The summed E-state index contributed by atoms with van der Waals surface area (Å²) in [5, 5.41) is 5.85. The molecule has 0 saturated heterocycles. The minimum atomic E-state index is -0.482. The van der Waals surface area contributed by atoms with Crippen molar-refractivity contribution in [2.24, 2.45) is 11.8 Å². The molecule has 0 aromatic heterocycles. The van der Waals surface area contributed by atoms with Crippen LogP contribution in [0.25, 0.3) is 0 Å². The molecule has 0 aliphatic heterocycles. The molecule has 0 heterocycles. The van der Waals surface area contributed by atoms with E-state index in [2.05, 4.69) is 22.8 Å². The lowest BCUT2D eigenvalue weighted by atomic mass is 9.96. The van der Waals surface area contributed by atoms with Crippen LogP contribution in [-0.4, -0.2) is 24.3 Å². The normalized spacial score (nSPS) is 24.1. The molecule has 150 valence electrons. The number of benzene rings is 2. The zero-order chi connectivity index (χ0) is 20.1. The number of rotatable bonds is 6. The maximum absolute atomic E-state index is 12.3. The SMILES string of the molecule is O=C(N[C@@H]1[C@@H](NC(=O)OCc2ccccc2)[C@H]2C=C[C@@H]1C2)OCc1ccccc1. The van der Waals surface area contributed by atoms with Gasteiger partial charge in [0.2, 0.25) is 0 Å². The van der Waals surface area contributed by atoms with Crippen LogP contribution >= 0.6 is 0 Å². The monoisotopic (exact) mass is 392 g/mol. The van der Waals surface area contributed by atoms with Gasteiger partial charge in [-0.3, -0.25) is 0 Å². The van der Waals surface area contributed by atoms with Crippen molar-refractivity contribution in [3.8, 4) is 0 Å². The van der Waals surface area contributed by atoms with E-state index in [9.17, 15) is 9.59 Å². The minimum Gasteiger partial charge on any atom is -0.445 e. The first-order valence-corrected chi connectivity index (χ1v) is 9.82. The Bertz CT molecular complexity index is 797. The maximum Gasteiger partial charge on any atom is 0.407 e. The highest BCUT2D eigenvalue weighted by Crippen LogP contribution is 2.39. The fourth-order valence-electron chi connectivity index (χ4n) is 4.02. The first-order valence-electron chi connectivity index (χ1n) is 9.82. The van der Waals surface area contributed by atoms with Gasteiger partial charge in [0.25, 0.3) is 0 Å². The molecular weight excluding hydrogens is 368 g/mol. The molecule has 2 aliphatic carbocycles. The summed E-state index contributed by atoms with van der Waals surface area (Å²) in [5.41, 5.74) is 1.85. The Morgan fingerprint density at radius 1 is 0.724 bits per heavy atom. The van der Waals surface area contributed by atoms with E-state index in [4.69, 9.17) is 9.47 Å². The molecule has 2 amide bonds. The minimum absolute atomic E-state index is 0.184. The Balaban J connectivity index is 1.29. The molecular formula is C23H24N2O4. The topological polar surface area (TPSA) is 76.7 Å². The third-order valence-corrected chi connectivity index (χ3v) is 5.45. The highest BCUT2D eigenvalue weighted by molar-refractivity contribution is 5.70. The van der Waals surface area contributed by atoms with Crippen LogP contribution in [0.3, 0.4) is 0 Å². The van der Waals surface area contributed by atoms with Crippen LogP contribution in [0, 0.1) is 11.8 Å². The molecule has 1 saturated carbocycles. The summed E-state index contributed by atoms with van der Waals surface area (Å²) in [4.78, 5) is 24.6. The molecule has 2 aromatic carbocycles. The smallest absolute Gasteiger partial charge is 0.407 e. The molecule has 4 rings (SSSR count). The van der Waals surface area contributed by atoms with Gasteiger partial charge in [0.15, 0.2) is 0 Å². The van der Waals surface area contributed by atoms with E-state index in [0.29, 0.717) is 0 Å². The highest BCUT2D eigenvalue weighted by Gasteiger charge is 2.46. The first kappa shape index (κ1) is 19.1. The zero-order valence-electron chi connectivity index (χ0n) is 16.0. The molecule has 0 unspecified atom stereocenters. The van der Waals surface area contributed by atoms with Gasteiger partial charge in [-0.2, -0.15) is 0 Å². The molecule has 2 bridgehead atoms. The summed E-state index contributed by atoms with van der Waals surface area (Å²) in [6.45, 7) is 0.418. The van der Waals surface area contributed by atoms with E-state index in [0.717, 1.165) is 17.5 Å². The lowest BCUT2D eigenvalue weighted by Gasteiger charge is -2.29. The van der Waals surface area contributed by atoms with Gasteiger partial charge in [0.05, 0.1) is 12.1 Å². The largest absolute Gasteiger partial charge is 0.445 e. The van der Waals surface area contributed by atoms with Crippen LogP contribution in [0.5, 0.6) is 0 Å². The molecule has 2 N–H and O–H groups in total. The Morgan fingerprint density at radius 3 is 1.55 bits per heavy atom. The van der Waals surface area contributed by atoms with Crippen molar-refractivity contribution in [2.75, 3.05) is 0 Å². The molecule has 29 heavy (non-hydrogen) atoms. The number of ether oxygens (including phenoxy) is 2. The Hall–Kier alpha value is -3.28. The van der Waals surface area contributed by atoms with E-state index < -0.39 is 12.2 Å². The first-order chi connectivity index (χ1) is 14.2. The molecule has 6 heteroatoms. The average molecular weight is 392 g/mol. The fraction of sp³-hybridized carbons (Fsp3) is 0.304. The van der Waals surface area contributed by atoms with Gasteiger partial charge in [-0.05, 0) is 29.4 Å². The number of alkyl carbamates (subject to hydrolysis) is 2. The van der Waals surface area contributed by atoms with E-state index in [1.807, 2.05) is 60.7 Å². The van der Waals surface area contributed by atoms with Crippen molar-refractivity contribution in [3.05, 3.63) is 83.9 Å². The van der Waals surface area contributed by atoms with Gasteiger partial charge in [-0.25, -0.2) is 9.59 Å².